The van der Waals surface area contributed by atoms with Crippen LogP contribution in [-0.4, -0.2) is 8.42 Å². The molecule has 0 saturated carbocycles. The van der Waals surface area contributed by atoms with E-state index in [2.05, 4.69) is 4.18 Å². The van der Waals surface area contributed by atoms with E-state index in [-0.39, 0.29) is 11.3 Å². The third-order valence-corrected chi connectivity index (χ3v) is 1.53. The Morgan fingerprint density at radius 2 is 2.00 bits per heavy atom. The van der Waals surface area contributed by atoms with Gasteiger partial charge < -0.3 is 4.18 Å². The first-order chi connectivity index (χ1) is 5.74. The van der Waals surface area contributed by atoms with E-state index in [1.165, 1.54) is 12.1 Å². The highest BCUT2D eigenvalue weighted by atomic mass is 32.2. The van der Waals surface area contributed by atoms with Crippen LogP contribution in [0.3, 0.4) is 0 Å². The van der Waals surface area contributed by atoms with Gasteiger partial charge in [0.25, 0.3) is 11.0 Å². The fraction of sp³-hybridized carbons (Fsp3) is 0. The van der Waals surface area contributed by atoms with E-state index in [4.69, 9.17) is 5.26 Å². The molecular weight excluding hydrogens is 178 g/mol. The quantitative estimate of drug-likeness (QED) is 0.676. The van der Waals surface area contributed by atoms with Crippen molar-refractivity contribution in [2.75, 3.05) is 0 Å². The van der Waals surface area contributed by atoms with Gasteiger partial charge in [0, 0.05) is 0 Å². The Hall–Kier alpha value is -1.54. The summed E-state index contributed by atoms with van der Waals surface area (Å²) in [4.78, 5) is 0. The molecule has 4 nitrogen and oxygen atoms in total. The van der Waals surface area contributed by atoms with Crippen molar-refractivity contribution in [3.8, 4) is 11.8 Å². The molecule has 0 saturated heterocycles. The van der Waals surface area contributed by atoms with Gasteiger partial charge in [0.05, 0.1) is 5.56 Å². The van der Waals surface area contributed by atoms with Crippen molar-refractivity contribution in [3.05, 3.63) is 29.8 Å². The molecule has 1 aromatic rings. The maximum atomic E-state index is 10.1. The zero-order valence-electron chi connectivity index (χ0n) is 5.93. The van der Waals surface area contributed by atoms with Crippen molar-refractivity contribution in [1.82, 2.24) is 0 Å². The Bertz CT molecular complexity index is 384. The largest absolute Gasteiger partial charge is 0.383 e. The van der Waals surface area contributed by atoms with Crippen LogP contribution >= 0.6 is 0 Å². The molecule has 0 N–H and O–H groups in total. The highest BCUT2D eigenvalue weighted by Crippen LogP contribution is 2.15. The third kappa shape index (κ3) is 1.97. The van der Waals surface area contributed by atoms with Gasteiger partial charge in [-0.1, -0.05) is 12.1 Å². The molecule has 0 heterocycles. The third-order valence-electron chi connectivity index (χ3n) is 1.18. The fourth-order valence-corrected chi connectivity index (χ4v) is 1.04. The predicted octanol–water partition coefficient (Wildman–Crippen LogP) is 0.463. The summed E-state index contributed by atoms with van der Waals surface area (Å²) in [5, 5.41) is 8.50. The number of para-hydroxylation sites is 1. The molecule has 0 aliphatic heterocycles. The first-order valence-electron chi connectivity index (χ1n) is 3.05. The Morgan fingerprint density at radius 3 is 2.58 bits per heavy atom. The average molecular weight is 183 g/mol. The molecule has 0 bridgehead atoms. The highest BCUT2D eigenvalue weighted by molar-refractivity contribution is 7.67. The van der Waals surface area contributed by atoms with Gasteiger partial charge in [-0.25, -0.2) is 0 Å². The summed E-state index contributed by atoms with van der Waals surface area (Å²) in [6.07, 6.45) is 0. The summed E-state index contributed by atoms with van der Waals surface area (Å²) >= 11 is 0. The summed E-state index contributed by atoms with van der Waals surface area (Å²) in [5.41, 5.74) is 0.205. The lowest BCUT2D eigenvalue weighted by molar-refractivity contribution is 0.510. The molecular formula is C7H5NO3S. The lowest BCUT2D eigenvalue weighted by atomic mass is 10.2. The zero-order chi connectivity index (χ0) is 8.97. The van der Waals surface area contributed by atoms with Crippen molar-refractivity contribution in [1.29, 1.82) is 5.26 Å². The van der Waals surface area contributed by atoms with E-state index >= 15 is 0 Å². The number of nitriles is 1. The Labute approximate surface area is 71.2 Å². The van der Waals surface area contributed by atoms with Crippen LogP contribution in [-0.2, 0) is 11.0 Å². The topological polar surface area (TPSA) is 67.2 Å². The second-order valence-corrected chi connectivity index (χ2v) is 2.55. The molecule has 0 aliphatic rings. The molecule has 1 rings (SSSR count). The molecule has 0 spiro atoms. The first-order valence-corrected chi connectivity index (χ1v) is 4.15. The highest BCUT2D eigenvalue weighted by Gasteiger charge is 2.00. The lowest BCUT2D eigenvalue weighted by Crippen LogP contribution is -1.92. The maximum Gasteiger partial charge on any atom is 0.299 e. The van der Waals surface area contributed by atoms with Crippen LogP contribution < -0.4 is 4.18 Å². The predicted molar refractivity (Wildman–Crippen MR) is 42.1 cm³/mol. The second kappa shape index (κ2) is 3.74. The monoisotopic (exact) mass is 183 g/mol. The van der Waals surface area contributed by atoms with Gasteiger partial charge in [0.2, 0.25) is 0 Å². The van der Waals surface area contributed by atoms with Gasteiger partial charge in [-0.15, -0.1) is 0 Å². The van der Waals surface area contributed by atoms with Gasteiger partial charge in [-0.2, -0.15) is 13.7 Å². The number of nitrogens with zero attached hydrogens (tertiary/aromatic N) is 1. The van der Waals surface area contributed by atoms with Crippen LogP contribution in [0.4, 0.5) is 0 Å². The average Bonchev–Trinajstić information content (AvgIpc) is 2.04. The minimum atomic E-state index is -2.95. The van der Waals surface area contributed by atoms with Gasteiger partial charge in [0.15, 0.2) is 5.75 Å². The lowest BCUT2D eigenvalue weighted by Gasteiger charge is -1.97. The van der Waals surface area contributed by atoms with E-state index in [1.807, 2.05) is 6.07 Å². The molecule has 0 aromatic heterocycles. The van der Waals surface area contributed by atoms with Crippen molar-refractivity contribution in [2.24, 2.45) is 0 Å². The maximum absolute atomic E-state index is 10.1. The first kappa shape index (κ1) is 8.56. The van der Waals surface area contributed by atoms with Crippen LogP contribution in [0, 0.1) is 11.3 Å². The van der Waals surface area contributed by atoms with E-state index in [0.717, 1.165) is 0 Å². The number of benzene rings is 1. The second-order valence-electron chi connectivity index (χ2n) is 1.92. The van der Waals surface area contributed by atoms with Gasteiger partial charge in [0.1, 0.15) is 6.07 Å². The van der Waals surface area contributed by atoms with E-state index in [9.17, 15) is 8.42 Å². The molecule has 1 aromatic carbocycles. The standard InChI is InChI=1S/C7H5NO3S/c8-5-6-3-1-2-4-7(6)11-12(9)10/h1-4,12H. The van der Waals surface area contributed by atoms with Crippen LogP contribution in [0.25, 0.3) is 0 Å². The van der Waals surface area contributed by atoms with Crippen LogP contribution in [0.2, 0.25) is 0 Å². The molecule has 5 heteroatoms. The number of hydrogen-bond acceptors (Lipinski definition) is 4. The minimum Gasteiger partial charge on any atom is -0.383 e. The minimum absolute atomic E-state index is 0.0658. The molecule has 0 amide bonds. The van der Waals surface area contributed by atoms with Crippen LogP contribution in [0.1, 0.15) is 5.56 Å². The Kier molecular flexibility index (Phi) is 2.66. The van der Waals surface area contributed by atoms with Crippen LogP contribution in [0.5, 0.6) is 5.75 Å². The SMILES string of the molecule is N#Cc1ccccc1O[SH](=O)=O. The van der Waals surface area contributed by atoms with Crippen molar-refractivity contribution in [2.45, 2.75) is 0 Å². The van der Waals surface area contributed by atoms with E-state index < -0.39 is 11.0 Å². The molecule has 0 radical (unpaired) electrons. The molecule has 0 aliphatic carbocycles. The van der Waals surface area contributed by atoms with Gasteiger partial charge >= 0.3 is 0 Å². The summed E-state index contributed by atoms with van der Waals surface area (Å²) in [6.45, 7) is 0. The molecule has 62 valence electrons. The number of hydrogen-bond donors (Lipinski definition) is 1. The van der Waals surface area contributed by atoms with E-state index in [1.54, 1.807) is 12.1 Å². The van der Waals surface area contributed by atoms with Crippen molar-refractivity contribution < 1.29 is 12.6 Å². The molecule has 0 atom stereocenters. The number of rotatable bonds is 2. The van der Waals surface area contributed by atoms with E-state index in [0.29, 0.717) is 0 Å². The van der Waals surface area contributed by atoms with Gasteiger partial charge in [-0.05, 0) is 12.1 Å². The molecule has 0 fully saturated rings. The normalized spacial score (nSPS) is 9.33. The summed E-state index contributed by atoms with van der Waals surface area (Å²) in [5.74, 6) is 0.0658. The van der Waals surface area contributed by atoms with Gasteiger partial charge in [-0.3, -0.25) is 0 Å². The molecule has 0 unspecified atom stereocenters. The van der Waals surface area contributed by atoms with Crippen molar-refractivity contribution in [3.63, 3.8) is 0 Å². The summed E-state index contributed by atoms with van der Waals surface area (Å²) in [7, 11) is -2.95. The van der Waals surface area contributed by atoms with Crippen molar-refractivity contribution >= 4 is 11.0 Å². The fourth-order valence-electron chi connectivity index (χ4n) is 0.719. The summed E-state index contributed by atoms with van der Waals surface area (Å²) < 4.78 is 24.7. The molecule has 12 heavy (non-hydrogen) atoms. The Balaban J connectivity index is 3.07. The zero-order valence-corrected chi connectivity index (χ0v) is 6.82. The Morgan fingerprint density at radius 1 is 1.33 bits per heavy atom. The smallest absolute Gasteiger partial charge is 0.299 e. The van der Waals surface area contributed by atoms with Crippen LogP contribution in [0.15, 0.2) is 24.3 Å². The summed E-state index contributed by atoms with van der Waals surface area (Å²) in [6, 6.07) is 7.93. The number of thiol groups is 1.